The summed E-state index contributed by atoms with van der Waals surface area (Å²) in [7, 11) is 0. The van der Waals surface area contributed by atoms with Crippen molar-refractivity contribution < 1.29 is 77.2 Å². The predicted molar refractivity (Wildman–Crippen MR) is 424 cm³/mol. The summed E-state index contributed by atoms with van der Waals surface area (Å²) in [4.78, 5) is 158. The molecule has 580 valence electrons. The number of hydrogen-bond donors (Lipinski definition) is 5. The maximum atomic E-state index is 13.8. The molecular formula is C75H76Br3Cl6N9O16. The number of carbonyl (C=O) groups is 12. The molecule has 6 aromatic rings. The van der Waals surface area contributed by atoms with Crippen LogP contribution in [0, 0.1) is 0 Å². The molecule has 25 nitrogen and oxygen atoms in total. The summed E-state index contributed by atoms with van der Waals surface area (Å²) in [5.74, 6) is -6.01. The number of imide groups is 3. The van der Waals surface area contributed by atoms with Gasteiger partial charge in [0.2, 0.25) is 0 Å². The van der Waals surface area contributed by atoms with Crippen molar-refractivity contribution in [1.82, 2.24) is 25.3 Å². The van der Waals surface area contributed by atoms with Crippen LogP contribution in [0.15, 0.2) is 123 Å². The molecule has 6 aliphatic rings. The number of hydrogen-bond acceptors (Lipinski definition) is 15. The molecule has 6 fully saturated rings. The molecule has 11 amide bonds. The molecule has 0 radical (unpaired) electrons. The van der Waals surface area contributed by atoms with E-state index in [1.807, 2.05) is 72.8 Å². The average molecular weight is 1810 g/mol. The Balaban J connectivity index is 0.000000195. The zero-order chi connectivity index (χ0) is 79.4. The van der Waals surface area contributed by atoms with E-state index in [9.17, 15) is 62.6 Å². The molecule has 6 aliphatic heterocycles. The van der Waals surface area contributed by atoms with Gasteiger partial charge in [-0.1, -0.05) is 161 Å². The molecule has 0 spiro atoms. The van der Waals surface area contributed by atoms with Gasteiger partial charge in [0.05, 0.1) is 70.4 Å². The van der Waals surface area contributed by atoms with Crippen LogP contribution in [0.2, 0.25) is 30.1 Å². The Labute approximate surface area is 683 Å². The molecule has 6 aromatic carbocycles. The molecule has 6 heterocycles. The lowest BCUT2D eigenvalue weighted by Gasteiger charge is -2.28. The lowest BCUT2D eigenvalue weighted by atomic mass is 9.88. The van der Waals surface area contributed by atoms with E-state index < -0.39 is 82.2 Å². The van der Waals surface area contributed by atoms with E-state index >= 15 is 0 Å². The smallest absolute Gasteiger partial charge is 0.338 e. The van der Waals surface area contributed by atoms with Gasteiger partial charge in [0.25, 0.3) is 29.5 Å². The van der Waals surface area contributed by atoms with Gasteiger partial charge in [-0.2, -0.15) is 0 Å². The van der Waals surface area contributed by atoms with Crippen LogP contribution in [0.3, 0.4) is 0 Å². The van der Waals surface area contributed by atoms with E-state index in [1.54, 1.807) is 56.2 Å². The van der Waals surface area contributed by atoms with Crippen LogP contribution < -0.4 is 31.1 Å². The summed E-state index contributed by atoms with van der Waals surface area (Å²) in [6.45, 7) is 10.9. The number of carboxylic acid groups (broad SMARTS) is 2. The van der Waals surface area contributed by atoms with E-state index in [4.69, 9.17) is 89.9 Å². The number of nitrogens with one attached hydrogen (secondary N) is 2. The van der Waals surface area contributed by atoms with Gasteiger partial charge in [0.15, 0.2) is 0 Å². The Morgan fingerprint density at radius 3 is 0.963 bits per heavy atom. The minimum Gasteiger partial charge on any atom is -0.480 e. The quantitative estimate of drug-likeness (QED) is 0.0418. The Hall–Kier alpha value is -7.90. The molecule has 12 rings (SSSR count). The Morgan fingerprint density at radius 2 is 0.716 bits per heavy atom. The first-order valence-electron chi connectivity index (χ1n) is 33.5. The summed E-state index contributed by atoms with van der Waals surface area (Å²) in [6, 6.07) is 29.5. The van der Waals surface area contributed by atoms with Gasteiger partial charge in [-0.25, -0.2) is 33.9 Å². The topological polar surface area (TPSA) is 333 Å². The van der Waals surface area contributed by atoms with Crippen LogP contribution in [-0.4, -0.2) is 164 Å². The highest BCUT2D eigenvalue weighted by Crippen LogP contribution is 2.48. The zero-order valence-corrected chi connectivity index (χ0v) is 68.1. The molecule has 109 heavy (non-hydrogen) atoms. The second kappa shape index (κ2) is 35.2. The maximum absolute atomic E-state index is 13.8. The molecule has 3 atom stereocenters. The summed E-state index contributed by atoms with van der Waals surface area (Å²) >= 11 is 47.7. The maximum Gasteiger partial charge on any atom is 0.338 e. The first-order chi connectivity index (χ1) is 50.7. The number of carboxylic acids is 2. The van der Waals surface area contributed by atoms with Crippen LogP contribution in [0.1, 0.15) is 135 Å². The molecule has 34 heteroatoms. The van der Waals surface area contributed by atoms with Crippen molar-refractivity contribution in [2.75, 3.05) is 54.0 Å². The van der Waals surface area contributed by atoms with Crippen molar-refractivity contribution in [3.05, 3.63) is 186 Å². The van der Waals surface area contributed by atoms with Gasteiger partial charge in [0.1, 0.15) is 40.9 Å². The summed E-state index contributed by atoms with van der Waals surface area (Å²) in [6.07, 6.45) is 4.95. The Morgan fingerprint density at radius 1 is 0.450 bits per heavy atom. The first-order valence-corrected chi connectivity index (χ1v) is 38.1. The lowest BCUT2D eigenvalue weighted by molar-refractivity contribution is -0.154. The highest BCUT2D eigenvalue weighted by Gasteiger charge is 2.62. The van der Waals surface area contributed by atoms with Crippen molar-refractivity contribution in [1.29, 1.82) is 0 Å². The number of carbonyl (C=O) groups excluding carboxylic acids is 10. The molecular weight excluding hydrogens is 1740 g/mol. The monoisotopic (exact) mass is 1810 g/mol. The second-order valence-electron chi connectivity index (χ2n) is 27.8. The molecule has 0 bridgehead atoms. The molecule has 6 saturated heterocycles. The van der Waals surface area contributed by atoms with Gasteiger partial charge in [-0.05, 0) is 170 Å². The Bertz CT molecular complexity index is 4560. The van der Waals surface area contributed by atoms with Crippen LogP contribution in [0.5, 0.6) is 0 Å². The number of rotatable bonds is 17. The SMILES string of the molecule is C.CC(C)(C)OC(=O)CN.CC(C)(C)OC(=O)CNC(=O)c1c(Cl)cc(N2C(=O)N3CCCC3(Cc3ccc(Br)cc3)C2=O)cc1Cl.O=C(O)CNC(=O)c1c(Cl)cc(N2C(=O)N3CCCC3(Cc3ccc(Br)cc3)C2=O)cc1Cl.O=C(O)c1c(Cl)cc(N2C(=O)N3CCCC3(Cc3ccc(Br)cc3)C2=O)cc1Cl. The van der Waals surface area contributed by atoms with Crippen LogP contribution in [-0.2, 0) is 57.5 Å². The third kappa shape index (κ3) is 19.2. The number of nitrogens with two attached hydrogens (primary N) is 1. The second-order valence-corrected chi connectivity index (χ2v) is 33.0. The largest absolute Gasteiger partial charge is 0.480 e. The minimum atomic E-state index is -1.28. The molecule has 0 saturated carbocycles. The fourth-order valence-electron chi connectivity index (χ4n) is 13.6. The van der Waals surface area contributed by atoms with Gasteiger partial charge in [-0.15, -0.1) is 0 Å². The van der Waals surface area contributed by atoms with E-state index in [1.165, 1.54) is 36.4 Å². The fourth-order valence-corrected chi connectivity index (χ4v) is 16.3. The normalized spacial score (nSPS) is 19.0. The van der Waals surface area contributed by atoms with E-state index in [0.29, 0.717) is 64.6 Å². The standard InChI is InChI=1S/C26H26BrCl2N3O5.C22H18BrCl2N3O5.C20H15BrCl2N2O4.C6H13NO2.CH4/c1-25(2,3)37-20(33)14-30-22(34)21-18(28)11-17(12-19(21)29)32-23(35)26(9-4-10-31(26)24(32)36)13-15-5-7-16(27)8-6-15;23-13-4-2-12(3-5-13)10-22-6-1-7-27(22)21(33)28(20(22)32)14-8-15(24)18(16(25)9-14)19(31)26-11-17(29)30;21-12-4-2-11(3-5-12)10-20-6-1-7-24(20)19(29)25(18(20)28)13-8-14(22)16(17(26)27)15(23)9-13;1-6(2,3)9-5(8)4-7;/h5-8,11-12H,4,9-10,13-14H2,1-3H3,(H,30,34);2-5,8-9H,1,6-7,10-11H2,(H,26,31)(H,29,30);2-5,8-9H,1,6-7,10H2,(H,26,27);4,7H2,1-3H3;1H4. The number of benzene rings is 6. The van der Waals surface area contributed by atoms with Crippen LogP contribution in [0.25, 0.3) is 0 Å². The molecule has 0 aliphatic carbocycles. The van der Waals surface area contributed by atoms with Crippen molar-refractivity contribution in [3.8, 4) is 0 Å². The van der Waals surface area contributed by atoms with Gasteiger partial charge in [-0.3, -0.25) is 38.4 Å². The third-order valence-corrected chi connectivity index (χ3v) is 21.5. The summed E-state index contributed by atoms with van der Waals surface area (Å²) < 4.78 is 12.8. The first kappa shape index (κ1) is 86.7. The van der Waals surface area contributed by atoms with Crippen molar-refractivity contribution in [2.45, 2.75) is 135 Å². The van der Waals surface area contributed by atoms with Crippen molar-refractivity contribution >= 4 is 206 Å². The van der Waals surface area contributed by atoms with E-state index in [2.05, 4.69) is 58.4 Å². The van der Waals surface area contributed by atoms with Crippen molar-refractivity contribution in [3.63, 3.8) is 0 Å². The van der Waals surface area contributed by atoms with E-state index in [-0.39, 0.29) is 108 Å². The molecule has 6 N–H and O–H groups in total. The van der Waals surface area contributed by atoms with Gasteiger partial charge < -0.3 is 50.8 Å². The summed E-state index contributed by atoms with van der Waals surface area (Å²) in [5.41, 5.74) is 3.79. The number of urea groups is 3. The minimum absolute atomic E-state index is 0. The number of anilines is 3. The molecule has 0 aromatic heterocycles. The number of halogens is 9. The number of fused-ring (bicyclic) bond motifs is 3. The Kier molecular flexibility index (Phi) is 28.0. The van der Waals surface area contributed by atoms with Gasteiger partial charge >= 0.3 is 42.0 Å². The molecule has 3 unspecified atom stereocenters. The summed E-state index contributed by atoms with van der Waals surface area (Å²) in [5, 5.41) is 22.0. The number of aromatic carboxylic acids is 1. The third-order valence-electron chi connectivity index (χ3n) is 18.1. The highest BCUT2D eigenvalue weighted by molar-refractivity contribution is 9.11. The van der Waals surface area contributed by atoms with E-state index in [0.717, 1.165) is 57.6 Å². The number of ether oxygens (including phenoxy) is 2. The fraction of sp³-hybridized carbons (Fsp3) is 0.360. The number of amides is 11. The lowest BCUT2D eigenvalue weighted by Crippen LogP contribution is -2.47. The number of aliphatic carboxylic acids is 1. The van der Waals surface area contributed by atoms with Crippen LogP contribution in [0.4, 0.5) is 31.4 Å². The zero-order valence-electron chi connectivity index (χ0n) is 58.8. The number of nitrogens with zero attached hydrogens (tertiary/aromatic N) is 6. The average Bonchev–Trinajstić information content (AvgIpc) is 1.58. The van der Waals surface area contributed by atoms with Crippen molar-refractivity contribution in [2.24, 2.45) is 5.73 Å². The number of esters is 2. The van der Waals surface area contributed by atoms with Crippen LogP contribution >= 0.6 is 117 Å². The predicted octanol–water partition coefficient (Wildman–Crippen LogP) is 15.4. The van der Waals surface area contributed by atoms with Gasteiger partial charge in [0, 0.05) is 52.3 Å². The highest BCUT2D eigenvalue weighted by atomic mass is 79.9.